The second-order valence-corrected chi connectivity index (χ2v) is 7.39. The van der Waals surface area contributed by atoms with Crippen molar-refractivity contribution < 1.29 is 0 Å². The van der Waals surface area contributed by atoms with Crippen molar-refractivity contribution in [2.24, 2.45) is 0 Å². The number of nitrogens with zero attached hydrogens (tertiary/aromatic N) is 10. The lowest BCUT2D eigenvalue weighted by atomic mass is 10.2. The van der Waals surface area contributed by atoms with Crippen LogP contribution in [0.3, 0.4) is 0 Å². The summed E-state index contributed by atoms with van der Waals surface area (Å²) >= 11 is 0. The molecule has 0 fully saturated rings. The first-order valence-corrected chi connectivity index (χ1v) is 10.2. The first-order chi connectivity index (χ1) is 15.2. The largest absolute Gasteiger partial charge is 0.331 e. The number of hydrogen-bond donors (Lipinski definition) is 0. The van der Waals surface area contributed by atoms with Crippen LogP contribution >= 0.6 is 0 Å². The minimum atomic E-state index is -0.140. The Labute approximate surface area is 178 Å². The Morgan fingerprint density at radius 2 is 1.87 bits per heavy atom. The number of benzene rings is 1. The molecule has 1 aliphatic heterocycles. The molecule has 0 saturated carbocycles. The normalized spacial score (nSPS) is 14.5. The summed E-state index contributed by atoms with van der Waals surface area (Å²) in [6.07, 6.45) is 5.59. The molecule has 4 aromatic rings. The van der Waals surface area contributed by atoms with E-state index in [4.69, 9.17) is 5.26 Å². The number of anilines is 1. The van der Waals surface area contributed by atoms with Crippen LogP contribution in [-0.2, 0) is 6.54 Å². The average Bonchev–Trinajstić information content (AvgIpc) is 3.43. The summed E-state index contributed by atoms with van der Waals surface area (Å²) < 4.78 is 2.15. The third-order valence-electron chi connectivity index (χ3n) is 5.43. The number of fused-ring (bicyclic) bond motifs is 1. The molecule has 31 heavy (non-hydrogen) atoms. The van der Waals surface area contributed by atoms with Crippen LogP contribution in [0, 0.1) is 11.3 Å². The lowest BCUT2D eigenvalue weighted by Gasteiger charge is -2.26. The molecule has 154 valence electrons. The minimum absolute atomic E-state index is 0.140. The van der Waals surface area contributed by atoms with E-state index in [0.717, 1.165) is 43.3 Å². The van der Waals surface area contributed by atoms with Gasteiger partial charge in [-0.1, -0.05) is 6.07 Å². The highest BCUT2D eigenvalue weighted by Crippen LogP contribution is 2.30. The maximum Gasteiger partial charge on any atom is 0.228 e. The van der Waals surface area contributed by atoms with E-state index in [1.165, 1.54) is 4.80 Å². The summed E-state index contributed by atoms with van der Waals surface area (Å²) in [4.78, 5) is 7.73. The smallest absolute Gasteiger partial charge is 0.228 e. The summed E-state index contributed by atoms with van der Waals surface area (Å²) in [6.45, 7) is 3.72. The van der Waals surface area contributed by atoms with Gasteiger partial charge < -0.3 is 4.90 Å². The summed E-state index contributed by atoms with van der Waals surface area (Å²) in [5.41, 5.74) is 2.24. The van der Waals surface area contributed by atoms with Crippen LogP contribution in [0.25, 0.3) is 17.1 Å². The molecular weight excluding hydrogens is 392 g/mol. The predicted molar refractivity (Wildman–Crippen MR) is 112 cm³/mol. The molecule has 0 N–H and O–H groups in total. The van der Waals surface area contributed by atoms with Crippen molar-refractivity contribution in [2.75, 3.05) is 11.4 Å². The molecule has 1 unspecified atom stereocenters. The molecule has 1 atom stereocenters. The highest BCUT2D eigenvalue weighted by Gasteiger charge is 2.28. The highest BCUT2D eigenvalue weighted by atomic mass is 15.6. The fourth-order valence-corrected chi connectivity index (χ4v) is 3.79. The van der Waals surface area contributed by atoms with Gasteiger partial charge in [-0.25, -0.2) is 0 Å². The lowest BCUT2D eigenvalue weighted by Crippen LogP contribution is -2.30. The zero-order valence-corrected chi connectivity index (χ0v) is 17.0. The van der Waals surface area contributed by atoms with E-state index in [1.54, 1.807) is 30.6 Å². The zero-order valence-electron chi connectivity index (χ0n) is 17.0. The maximum absolute atomic E-state index is 9.14. The Morgan fingerprint density at radius 1 is 1.03 bits per heavy atom. The number of tetrazole rings is 1. The molecule has 1 aromatic carbocycles. The molecule has 5 rings (SSSR count). The Bertz CT molecular complexity index is 1240. The molecule has 10 nitrogen and oxygen atoms in total. The first-order valence-electron chi connectivity index (χ1n) is 10.2. The van der Waals surface area contributed by atoms with Crippen LogP contribution in [-0.4, -0.2) is 46.5 Å². The van der Waals surface area contributed by atoms with Gasteiger partial charge in [0.25, 0.3) is 0 Å². The Balaban J connectivity index is 1.47. The summed E-state index contributed by atoms with van der Waals surface area (Å²) in [5, 5.41) is 31.2. The molecule has 0 spiro atoms. The molecule has 3 aromatic heterocycles. The molecule has 0 aliphatic carbocycles. The van der Waals surface area contributed by atoms with Crippen LogP contribution in [0.2, 0.25) is 0 Å². The topological polar surface area (TPSA) is 114 Å². The highest BCUT2D eigenvalue weighted by molar-refractivity contribution is 5.57. The average molecular weight is 412 g/mol. The molecule has 4 heterocycles. The van der Waals surface area contributed by atoms with E-state index in [1.807, 2.05) is 25.1 Å². The fourth-order valence-electron chi connectivity index (χ4n) is 3.79. The number of pyridine rings is 1. The van der Waals surface area contributed by atoms with Crippen molar-refractivity contribution in [3.63, 3.8) is 0 Å². The second kappa shape index (κ2) is 7.95. The van der Waals surface area contributed by atoms with Crippen LogP contribution in [0.15, 0.2) is 48.8 Å². The summed E-state index contributed by atoms with van der Waals surface area (Å²) in [7, 11) is 0. The van der Waals surface area contributed by atoms with E-state index in [9.17, 15) is 0 Å². The third-order valence-corrected chi connectivity index (χ3v) is 5.43. The Kier molecular flexibility index (Phi) is 4.84. The van der Waals surface area contributed by atoms with Gasteiger partial charge in [0.15, 0.2) is 11.6 Å². The fraction of sp³-hybridized carbons (Fsp3) is 0.286. The van der Waals surface area contributed by atoms with Crippen LogP contribution in [0.1, 0.15) is 37.2 Å². The quantitative estimate of drug-likeness (QED) is 0.502. The standard InChI is InChI=1S/C21H20N10/c1-15(19-24-28-31(27-19)18-6-4-5-16(13-18)14-22)29-11-2-3-12-30-20(25-26-21(29)30)17-7-9-23-10-8-17/h4-10,13,15H,2-3,11-12H2,1H3. The van der Waals surface area contributed by atoms with Crippen molar-refractivity contribution in [3.8, 4) is 23.1 Å². The molecule has 1 aliphatic rings. The molecule has 10 heteroatoms. The van der Waals surface area contributed by atoms with Gasteiger partial charge in [0.1, 0.15) is 0 Å². The molecular formula is C21H20N10. The van der Waals surface area contributed by atoms with E-state index in [-0.39, 0.29) is 6.04 Å². The maximum atomic E-state index is 9.14. The monoisotopic (exact) mass is 412 g/mol. The number of hydrogen-bond acceptors (Lipinski definition) is 8. The predicted octanol–water partition coefficient (Wildman–Crippen LogP) is 2.55. The number of nitriles is 1. The zero-order chi connectivity index (χ0) is 21.2. The van der Waals surface area contributed by atoms with Crippen LogP contribution in [0.4, 0.5) is 5.95 Å². The van der Waals surface area contributed by atoms with Gasteiger partial charge in [-0.2, -0.15) is 5.26 Å². The van der Waals surface area contributed by atoms with E-state index in [0.29, 0.717) is 17.1 Å². The van der Waals surface area contributed by atoms with Crippen LogP contribution in [0.5, 0.6) is 0 Å². The molecule has 0 bridgehead atoms. The van der Waals surface area contributed by atoms with Gasteiger partial charge in [-0.15, -0.1) is 25.2 Å². The van der Waals surface area contributed by atoms with Gasteiger partial charge in [0.2, 0.25) is 5.95 Å². The van der Waals surface area contributed by atoms with E-state index >= 15 is 0 Å². The SMILES string of the molecule is CC(c1nnn(-c2cccc(C#N)c2)n1)N1CCCCn2c(-c3ccncc3)nnc21. The van der Waals surface area contributed by atoms with Gasteiger partial charge in [0.05, 0.1) is 23.4 Å². The Hall–Kier alpha value is -4.13. The molecule has 0 radical (unpaired) electrons. The Morgan fingerprint density at radius 3 is 2.71 bits per heavy atom. The van der Waals surface area contributed by atoms with Crippen molar-refractivity contribution >= 4 is 5.95 Å². The molecule has 0 amide bonds. The lowest BCUT2D eigenvalue weighted by molar-refractivity contribution is 0.605. The van der Waals surface area contributed by atoms with Crippen molar-refractivity contribution in [1.82, 2.24) is 40.0 Å². The van der Waals surface area contributed by atoms with Crippen molar-refractivity contribution in [3.05, 3.63) is 60.2 Å². The molecule has 0 saturated heterocycles. The van der Waals surface area contributed by atoms with Gasteiger partial charge >= 0.3 is 0 Å². The third kappa shape index (κ3) is 3.50. The van der Waals surface area contributed by atoms with Crippen LogP contribution < -0.4 is 4.90 Å². The first kappa shape index (κ1) is 18.9. The summed E-state index contributed by atoms with van der Waals surface area (Å²) in [5.74, 6) is 2.23. The van der Waals surface area contributed by atoms with Gasteiger partial charge in [-0.3, -0.25) is 9.55 Å². The van der Waals surface area contributed by atoms with Crippen molar-refractivity contribution in [2.45, 2.75) is 32.4 Å². The second-order valence-electron chi connectivity index (χ2n) is 7.39. The van der Waals surface area contributed by atoms with Gasteiger partial charge in [-0.05, 0) is 55.3 Å². The van der Waals surface area contributed by atoms with E-state index in [2.05, 4.69) is 46.1 Å². The summed E-state index contributed by atoms with van der Waals surface area (Å²) in [6, 6.07) is 13.0. The van der Waals surface area contributed by atoms with Gasteiger partial charge in [0, 0.05) is 31.0 Å². The number of rotatable bonds is 4. The van der Waals surface area contributed by atoms with E-state index < -0.39 is 0 Å². The van der Waals surface area contributed by atoms with Crippen molar-refractivity contribution in [1.29, 1.82) is 5.26 Å². The minimum Gasteiger partial charge on any atom is -0.331 e. The number of aromatic nitrogens is 8.